The molecule has 1 aromatic carbocycles. The van der Waals surface area contributed by atoms with E-state index >= 15 is 0 Å². The summed E-state index contributed by atoms with van der Waals surface area (Å²) in [5, 5.41) is 9.80. The summed E-state index contributed by atoms with van der Waals surface area (Å²) in [5.41, 5.74) is 0.554. The molecule has 38 heavy (non-hydrogen) atoms. The van der Waals surface area contributed by atoms with E-state index in [0.29, 0.717) is 54.0 Å². The second kappa shape index (κ2) is 10.1. The van der Waals surface area contributed by atoms with Gasteiger partial charge in [0.25, 0.3) is 0 Å². The number of carboxylic acid groups (broad SMARTS) is 1. The average Bonchev–Trinajstić information content (AvgIpc) is 3.46. The van der Waals surface area contributed by atoms with Crippen molar-refractivity contribution < 1.29 is 32.5 Å². The number of fused-ring (bicyclic) bond motifs is 1. The molecule has 3 aliphatic rings. The third kappa shape index (κ3) is 5.22. The van der Waals surface area contributed by atoms with Crippen molar-refractivity contribution in [2.24, 2.45) is 5.41 Å². The van der Waals surface area contributed by atoms with Gasteiger partial charge in [0.2, 0.25) is 0 Å². The number of aromatic nitrogens is 2. The van der Waals surface area contributed by atoms with Crippen LogP contribution >= 0.6 is 15.9 Å². The smallest absolute Gasteiger partial charge is 0.422 e. The van der Waals surface area contributed by atoms with Crippen molar-refractivity contribution in [3.05, 3.63) is 22.7 Å². The largest absolute Gasteiger partial charge is 0.481 e. The fourth-order valence-electron chi connectivity index (χ4n) is 5.57. The molecule has 2 aromatic rings. The van der Waals surface area contributed by atoms with E-state index in [2.05, 4.69) is 32.4 Å². The minimum absolute atomic E-state index is 0.0594. The molecule has 0 saturated carbocycles. The first-order valence-corrected chi connectivity index (χ1v) is 13.2. The second-order valence-corrected chi connectivity index (χ2v) is 11.1. The van der Waals surface area contributed by atoms with Gasteiger partial charge in [0.15, 0.2) is 12.4 Å². The summed E-state index contributed by atoms with van der Waals surface area (Å²) in [6, 6.07) is 2.02. The number of nitrogens with zero attached hydrogens (tertiary/aromatic N) is 5. The van der Waals surface area contributed by atoms with Crippen molar-refractivity contribution in [1.82, 2.24) is 19.8 Å². The molecule has 1 unspecified atom stereocenters. The lowest BCUT2D eigenvalue weighted by molar-refractivity contribution is -0.153. The molecule has 1 N–H and O–H groups in total. The first-order chi connectivity index (χ1) is 18.0. The van der Waals surface area contributed by atoms with E-state index in [1.165, 1.54) is 11.0 Å². The highest BCUT2D eigenvalue weighted by molar-refractivity contribution is 9.10. The number of benzene rings is 1. The summed E-state index contributed by atoms with van der Waals surface area (Å²) in [6.45, 7) is 5.67. The van der Waals surface area contributed by atoms with Crippen LogP contribution in [-0.4, -0.2) is 96.2 Å². The first kappa shape index (κ1) is 26.8. The monoisotopic (exact) mass is 599 g/mol. The molecule has 3 saturated heterocycles. The predicted molar refractivity (Wildman–Crippen MR) is 139 cm³/mol. The lowest BCUT2D eigenvalue weighted by atomic mass is 9.79. The maximum atomic E-state index is 13.1. The van der Waals surface area contributed by atoms with Crippen LogP contribution in [0.5, 0.6) is 11.8 Å². The van der Waals surface area contributed by atoms with Crippen molar-refractivity contribution >= 4 is 44.8 Å². The van der Waals surface area contributed by atoms with E-state index in [1.54, 1.807) is 6.07 Å². The zero-order chi connectivity index (χ0) is 27.2. The van der Waals surface area contributed by atoms with Crippen LogP contribution in [-0.2, 0) is 0 Å². The molecular formula is C25H29BrF3N5O4. The maximum absolute atomic E-state index is 13.1. The molecule has 5 rings (SSSR count). The van der Waals surface area contributed by atoms with Crippen LogP contribution in [0.3, 0.4) is 0 Å². The molecular weight excluding hydrogens is 571 g/mol. The lowest BCUT2D eigenvalue weighted by Crippen LogP contribution is -2.59. The molecule has 0 bridgehead atoms. The Morgan fingerprint density at radius 1 is 1.29 bits per heavy atom. The SMILES string of the molecule is C=Cc1cc2c(N3CCC4(CN(C(=O)O)C4)C3)nc(OCC3CCCN3C)nc2c(OCC(F)(F)F)c1Br. The Hall–Kier alpha value is -2.80. The molecule has 3 fully saturated rings. The van der Waals surface area contributed by atoms with Gasteiger partial charge in [-0.2, -0.15) is 23.1 Å². The molecule has 13 heteroatoms. The average molecular weight is 600 g/mol. The summed E-state index contributed by atoms with van der Waals surface area (Å²) in [5.74, 6) is 0.457. The van der Waals surface area contributed by atoms with Gasteiger partial charge in [-0.25, -0.2) is 4.79 Å². The van der Waals surface area contributed by atoms with E-state index in [4.69, 9.17) is 14.5 Å². The summed E-state index contributed by atoms with van der Waals surface area (Å²) in [7, 11) is 2.02. The number of alkyl halides is 3. The second-order valence-electron chi connectivity index (χ2n) is 10.3. The van der Waals surface area contributed by atoms with Gasteiger partial charge in [-0.15, -0.1) is 0 Å². The number of rotatable bonds is 7. The third-order valence-corrected chi connectivity index (χ3v) is 8.43. The number of hydrogen-bond donors (Lipinski definition) is 1. The summed E-state index contributed by atoms with van der Waals surface area (Å²) < 4.78 is 51.0. The van der Waals surface area contributed by atoms with E-state index in [1.807, 2.05) is 11.9 Å². The van der Waals surface area contributed by atoms with Crippen molar-refractivity contribution in [2.45, 2.75) is 31.5 Å². The summed E-state index contributed by atoms with van der Waals surface area (Å²) >= 11 is 3.38. The maximum Gasteiger partial charge on any atom is 0.422 e. The molecule has 1 amide bonds. The van der Waals surface area contributed by atoms with Crippen molar-refractivity contribution in [1.29, 1.82) is 0 Å². The van der Waals surface area contributed by atoms with Crippen molar-refractivity contribution in [3.8, 4) is 11.8 Å². The van der Waals surface area contributed by atoms with E-state index in [9.17, 15) is 23.1 Å². The molecule has 1 aromatic heterocycles. The number of amides is 1. The quantitative estimate of drug-likeness (QED) is 0.492. The number of ether oxygens (including phenoxy) is 2. The van der Waals surface area contributed by atoms with Gasteiger partial charge >= 0.3 is 18.3 Å². The Morgan fingerprint density at radius 3 is 2.68 bits per heavy atom. The Bertz CT molecular complexity index is 1250. The fourth-order valence-corrected chi connectivity index (χ4v) is 6.15. The number of likely N-dealkylation sites (tertiary alicyclic amines) is 2. The number of likely N-dealkylation sites (N-methyl/N-ethyl adjacent to an activating group) is 1. The highest BCUT2D eigenvalue weighted by atomic mass is 79.9. The number of anilines is 1. The normalized spacial score (nSPS) is 21.2. The highest BCUT2D eigenvalue weighted by Crippen LogP contribution is 2.45. The minimum Gasteiger partial charge on any atom is -0.481 e. The van der Waals surface area contributed by atoms with Crippen LogP contribution < -0.4 is 14.4 Å². The van der Waals surface area contributed by atoms with Crippen LogP contribution in [0.1, 0.15) is 24.8 Å². The van der Waals surface area contributed by atoms with Gasteiger partial charge in [0.1, 0.15) is 17.9 Å². The van der Waals surface area contributed by atoms with Crippen molar-refractivity contribution in [3.63, 3.8) is 0 Å². The zero-order valence-corrected chi connectivity index (χ0v) is 22.5. The van der Waals surface area contributed by atoms with Gasteiger partial charge in [0, 0.05) is 43.0 Å². The van der Waals surface area contributed by atoms with Crippen molar-refractivity contribution in [2.75, 3.05) is 57.9 Å². The minimum atomic E-state index is -4.54. The lowest BCUT2D eigenvalue weighted by Gasteiger charge is -2.46. The summed E-state index contributed by atoms with van der Waals surface area (Å²) in [6.07, 6.45) is -1.16. The number of hydrogen-bond acceptors (Lipinski definition) is 7. The Morgan fingerprint density at radius 2 is 2.05 bits per heavy atom. The Kier molecular flexibility index (Phi) is 7.10. The molecule has 9 nitrogen and oxygen atoms in total. The topological polar surface area (TPSA) is 91.3 Å². The Balaban J connectivity index is 1.55. The van der Waals surface area contributed by atoms with Gasteiger partial charge in [-0.05, 0) is 60.4 Å². The molecule has 0 aliphatic carbocycles. The van der Waals surface area contributed by atoms with E-state index < -0.39 is 18.9 Å². The summed E-state index contributed by atoms with van der Waals surface area (Å²) in [4.78, 5) is 26.2. The van der Waals surface area contributed by atoms with Gasteiger partial charge in [0.05, 0.1) is 4.47 Å². The van der Waals surface area contributed by atoms with Gasteiger partial charge < -0.3 is 29.3 Å². The third-order valence-electron chi connectivity index (χ3n) is 7.61. The first-order valence-electron chi connectivity index (χ1n) is 12.4. The van der Waals surface area contributed by atoms with Crippen LogP contribution in [0.2, 0.25) is 0 Å². The molecule has 206 valence electrons. The van der Waals surface area contributed by atoms with Crippen LogP contribution in [0, 0.1) is 5.41 Å². The molecule has 1 spiro atoms. The molecule has 3 aliphatic heterocycles. The van der Waals surface area contributed by atoms with Crippen LogP contribution in [0.25, 0.3) is 17.0 Å². The Labute approximate surface area is 226 Å². The number of halogens is 4. The zero-order valence-electron chi connectivity index (χ0n) is 20.9. The van der Waals surface area contributed by atoms with E-state index in [-0.39, 0.29) is 28.7 Å². The fraction of sp³-hybridized carbons (Fsp3) is 0.560. The van der Waals surface area contributed by atoms with E-state index in [0.717, 1.165) is 25.8 Å². The van der Waals surface area contributed by atoms with Crippen LogP contribution in [0.15, 0.2) is 17.1 Å². The molecule has 1 atom stereocenters. The standard InChI is InChI=1S/C25H29BrF3N5O4/c1-3-15-9-17-19(20(18(15)26)38-14-25(27,28)29)30-22(37-10-16-5-4-7-32(16)2)31-21(17)33-8-6-24(11-33)12-34(13-24)23(35)36/h3,9,16H,1,4-8,10-14H2,2H3,(H,35,36). The van der Waals surface area contributed by atoms with Gasteiger partial charge in [-0.1, -0.05) is 12.7 Å². The molecule has 4 heterocycles. The van der Waals surface area contributed by atoms with Crippen LogP contribution in [0.4, 0.5) is 23.8 Å². The predicted octanol–water partition coefficient (Wildman–Crippen LogP) is 4.64. The van der Waals surface area contributed by atoms with Gasteiger partial charge in [-0.3, -0.25) is 0 Å². The highest BCUT2D eigenvalue weighted by Gasteiger charge is 2.50. The number of carbonyl (C=O) groups is 1. The molecule has 0 radical (unpaired) electrons.